The van der Waals surface area contributed by atoms with Gasteiger partial charge >= 0.3 is 0 Å². The van der Waals surface area contributed by atoms with Crippen LogP contribution in [0.5, 0.6) is 0 Å². The van der Waals surface area contributed by atoms with E-state index in [4.69, 9.17) is 0 Å². The van der Waals surface area contributed by atoms with Crippen LogP contribution < -0.4 is 0 Å². The molecule has 1 saturated heterocycles. The monoisotopic (exact) mass is 390 g/mol. The van der Waals surface area contributed by atoms with Crippen LogP contribution in [0.4, 0.5) is 4.39 Å². The molecule has 0 radical (unpaired) electrons. The van der Waals surface area contributed by atoms with E-state index in [0.29, 0.717) is 11.6 Å². The van der Waals surface area contributed by atoms with Crippen molar-refractivity contribution in [2.45, 2.75) is 10.9 Å². The number of sulfonamides is 1. The molecule has 0 bridgehead atoms. The highest BCUT2D eigenvalue weighted by Gasteiger charge is 2.42. The molecule has 1 aromatic carbocycles. The van der Waals surface area contributed by atoms with Crippen LogP contribution in [0.1, 0.15) is 11.7 Å². The third kappa shape index (κ3) is 3.26. The minimum Gasteiger partial charge on any atom is -0.339 e. The molecule has 1 fully saturated rings. The van der Waals surface area contributed by atoms with Crippen LogP contribution in [0, 0.1) is 5.92 Å². The highest BCUT2D eigenvalue weighted by atomic mass is 32.2. The molecule has 8 nitrogen and oxygen atoms in total. The van der Waals surface area contributed by atoms with Crippen LogP contribution in [0.25, 0.3) is 11.4 Å². The summed E-state index contributed by atoms with van der Waals surface area (Å²) in [4.78, 5) is 8.41. The molecule has 0 unspecified atom stereocenters. The van der Waals surface area contributed by atoms with Gasteiger partial charge in [0.25, 0.3) is 10.0 Å². The number of aromatic nitrogens is 5. The second kappa shape index (κ2) is 6.86. The number of imidazole rings is 1. The first-order chi connectivity index (χ1) is 13.0. The predicted octanol–water partition coefficient (Wildman–Crippen LogP) is 1.58. The average Bonchev–Trinajstić information content (AvgIpc) is 3.41. The lowest BCUT2D eigenvalue weighted by atomic mass is 9.97. The minimum atomic E-state index is -3.77. The number of benzene rings is 1. The van der Waals surface area contributed by atoms with E-state index in [9.17, 15) is 12.8 Å². The van der Waals surface area contributed by atoms with Crippen LogP contribution in [0.15, 0.2) is 47.9 Å². The normalized spacial score (nSPS) is 21.0. The molecule has 1 N–H and O–H groups in total. The van der Waals surface area contributed by atoms with Gasteiger partial charge in [0.15, 0.2) is 10.9 Å². The van der Waals surface area contributed by atoms with E-state index in [2.05, 4.69) is 20.2 Å². The van der Waals surface area contributed by atoms with E-state index in [-0.39, 0.29) is 18.1 Å². The van der Waals surface area contributed by atoms with E-state index < -0.39 is 28.5 Å². The molecule has 0 saturated carbocycles. The molecule has 1 aliphatic heterocycles. The lowest BCUT2D eigenvalue weighted by molar-refractivity contribution is 0.346. The van der Waals surface area contributed by atoms with E-state index in [0.717, 1.165) is 5.56 Å². The summed E-state index contributed by atoms with van der Waals surface area (Å²) in [5.74, 6) is 0.128. The summed E-state index contributed by atoms with van der Waals surface area (Å²) in [5, 5.41) is 7.03. The zero-order chi connectivity index (χ0) is 19.0. The Hall–Kier alpha value is -2.59. The second-order valence-electron chi connectivity index (χ2n) is 6.63. The van der Waals surface area contributed by atoms with Crippen molar-refractivity contribution in [2.75, 3.05) is 19.8 Å². The summed E-state index contributed by atoms with van der Waals surface area (Å²) >= 11 is 0. The lowest BCUT2D eigenvalue weighted by Gasteiger charge is -2.14. The number of rotatable bonds is 5. The van der Waals surface area contributed by atoms with Crippen molar-refractivity contribution >= 4 is 10.0 Å². The molecule has 142 valence electrons. The Morgan fingerprint density at radius 2 is 2.04 bits per heavy atom. The fourth-order valence-electron chi connectivity index (χ4n) is 3.30. The Kier molecular flexibility index (Phi) is 4.52. The lowest BCUT2D eigenvalue weighted by Crippen LogP contribution is -2.29. The van der Waals surface area contributed by atoms with Gasteiger partial charge < -0.3 is 4.57 Å². The molecular formula is C17H19FN6O2S. The van der Waals surface area contributed by atoms with Crippen LogP contribution in [-0.4, -0.2) is 57.2 Å². The maximum absolute atomic E-state index is 13.6. The van der Waals surface area contributed by atoms with Gasteiger partial charge in [-0.3, -0.25) is 9.49 Å². The molecule has 1 aliphatic rings. The van der Waals surface area contributed by atoms with Gasteiger partial charge in [-0.05, 0) is 0 Å². The summed E-state index contributed by atoms with van der Waals surface area (Å²) < 4.78 is 42.1. The third-order valence-corrected chi connectivity index (χ3v) is 6.49. The molecule has 2 aromatic heterocycles. The number of nitrogens with zero attached hydrogens (tertiary/aromatic N) is 5. The summed E-state index contributed by atoms with van der Waals surface area (Å²) in [6.07, 6.45) is 2.87. The zero-order valence-corrected chi connectivity index (χ0v) is 15.5. The first kappa shape index (κ1) is 17.8. The molecule has 27 heavy (non-hydrogen) atoms. The van der Waals surface area contributed by atoms with Crippen LogP contribution in [0.2, 0.25) is 0 Å². The van der Waals surface area contributed by atoms with Gasteiger partial charge in [0.1, 0.15) is 5.82 Å². The molecule has 0 amide bonds. The standard InChI is InChI=1S/C17H19FN6O2S/c1-23-10-15(19-11-23)27(25,26)24-8-13(7-18)14(9-24)17-20-16(21-22-17)12-5-3-2-4-6-12/h2-6,10-11,13-14H,7-9H2,1H3,(H,20,21,22)/t13-,14-/m1/s1. The number of H-pyrrole nitrogens is 1. The number of nitrogens with one attached hydrogen (secondary N) is 1. The zero-order valence-electron chi connectivity index (χ0n) is 14.7. The van der Waals surface area contributed by atoms with Crippen molar-refractivity contribution in [2.24, 2.45) is 13.0 Å². The van der Waals surface area contributed by atoms with Gasteiger partial charge in [-0.1, -0.05) is 30.3 Å². The number of hydrogen-bond acceptors (Lipinski definition) is 5. The van der Waals surface area contributed by atoms with Crippen LogP contribution in [-0.2, 0) is 17.1 Å². The Morgan fingerprint density at radius 1 is 1.26 bits per heavy atom. The van der Waals surface area contributed by atoms with Crippen LogP contribution in [0.3, 0.4) is 0 Å². The third-order valence-electron chi connectivity index (χ3n) is 4.78. The van der Waals surface area contributed by atoms with Crippen molar-refractivity contribution in [3.05, 3.63) is 48.7 Å². The van der Waals surface area contributed by atoms with Crippen molar-refractivity contribution in [3.8, 4) is 11.4 Å². The quantitative estimate of drug-likeness (QED) is 0.713. The Balaban J connectivity index is 1.60. The van der Waals surface area contributed by atoms with E-state index in [1.165, 1.54) is 16.8 Å². The Morgan fingerprint density at radius 3 is 2.70 bits per heavy atom. The maximum Gasteiger partial charge on any atom is 0.262 e. The minimum absolute atomic E-state index is 0.0363. The van der Waals surface area contributed by atoms with E-state index in [1.54, 1.807) is 11.6 Å². The first-order valence-electron chi connectivity index (χ1n) is 8.51. The molecule has 4 rings (SSSR count). The SMILES string of the molecule is Cn1cnc(S(=O)(=O)N2C[C@@H](CF)[C@H](c3nc(-c4ccccc4)n[nH]3)C2)c1. The highest BCUT2D eigenvalue weighted by molar-refractivity contribution is 7.89. The van der Waals surface area contributed by atoms with E-state index in [1.807, 2.05) is 30.3 Å². The smallest absolute Gasteiger partial charge is 0.262 e. The van der Waals surface area contributed by atoms with Crippen molar-refractivity contribution in [3.63, 3.8) is 0 Å². The topological polar surface area (TPSA) is 96.8 Å². The largest absolute Gasteiger partial charge is 0.339 e. The van der Waals surface area contributed by atoms with Gasteiger partial charge in [0.2, 0.25) is 0 Å². The first-order valence-corrected chi connectivity index (χ1v) is 9.95. The summed E-state index contributed by atoms with van der Waals surface area (Å²) in [6.45, 7) is -0.418. The molecule has 3 heterocycles. The number of hydrogen-bond donors (Lipinski definition) is 1. The fraction of sp³-hybridized carbons (Fsp3) is 0.353. The number of aryl methyl sites for hydroxylation is 1. The second-order valence-corrected chi connectivity index (χ2v) is 8.52. The van der Waals surface area contributed by atoms with Crippen molar-refractivity contribution < 1.29 is 12.8 Å². The molecule has 0 aliphatic carbocycles. The van der Waals surface area contributed by atoms with Gasteiger partial charge in [-0.15, -0.1) is 0 Å². The molecule has 2 atom stereocenters. The fourth-order valence-corrected chi connectivity index (χ4v) is 4.79. The highest BCUT2D eigenvalue weighted by Crippen LogP contribution is 2.34. The number of halogens is 1. The average molecular weight is 390 g/mol. The number of alkyl halides is 1. The van der Waals surface area contributed by atoms with Crippen LogP contribution >= 0.6 is 0 Å². The predicted molar refractivity (Wildman–Crippen MR) is 96.0 cm³/mol. The van der Waals surface area contributed by atoms with Crippen molar-refractivity contribution in [1.29, 1.82) is 0 Å². The summed E-state index contributed by atoms with van der Waals surface area (Å²) in [5.41, 5.74) is 0.841. The molecule has 10 heteroatoms. The van der Waals surface area contributed by atoms with Crippen molar-refractivity contribution in [1.82, 2.24) is 29.0 Å². The van der Waals surface area contributed by atoms with Gasteiger partial charge in [-0.2, -0.15) is 9.40 Å². The summed E-state index contributed by atoms with van der Waals surface area (Å²) in [7, 11) is -2.08. The Labute approximate surface area is 156 Å². The van der Waals surface area contributed by atoms with Gasteiger partial charge in [0.05, 0.1) is 13.0 Å². The molecule has 0 spiro atoms. The maximum atomic E-state index is 13.6. The summed E-state index contributed by atoms with van der Waals surface area (Å²) in [6, 6.07) is 9.42. The number of aromatic amines is 1. The Bertz CT molecular complexity index is 1030. The van der Waals surface area contributed by atoms with Gasteiger partial charge in [-0.25, -0.2) is 18.4 Å². The molecular weight excluding hydrogens is 371 g/mol. The molecule has 3 aromatic rings. The van der Waals surface area contributed by atoms with Gasteiger partial charge in [0, 0.05) is 43.7 Å². The van der Waals surface area contributed by atoms with E-state index >= 15 is 0 Å².